The molecule has 0 aromatic carbocycles. The highest BCUT2D eigenvalue weighted by atomic mass is 16.5. The first-order valence-electron chi connectivity index (χ1n) is 5.19. The van der Waals surface area contributed by atoms with Crippen LogP contribution < -0.4 is 10.4 Å². The lowest BCUT2D eigenvalue weighted by molar-refractivity contribution is 0.0852. The van der Waals surface area contributed by atoms with Gasteiger partial charge in [0.05, 0.1) is 0 Å². The topological polar surface area (TPSA) is 56.5 Å². The third-order valence-corrected chi connectivity index (χ3v) is 2.44. The SMILES string of the molecule is CC=Cc1cc2c(c(=O)o1)C(=O)C(CC)O2. The summed E-state index contributed by atoms with van der Waals surface area (Å²) in [6, 6.07) is 1.57. The maximum atomic E-state index is 11.7. The van der Waals surface area contributed by atoms with Gasteiger partial charge in [0.2, 0.25) is 5.78 Å². The van der Waals surface area contributed by atoms with Gasteiger partial charge in [0.25, 0.3) is 0 Å². The average Bonchev–Trinajstić information content (AvgIpc) is 2.56. The summed E-state index contributed by atoms with van der Waals surface area (Å²) in [5.74, 6) is 0.454. The van der Waals surface area contributed by atoms with E-state index in [4.69, 9.17) is 9.15 Å². The van der Waals surface area contributed by atoms with E-state index in [2.05, 4.69) is 0 Å². The molecule has 0 aliphatic carbocycles. The Morgan fingerprint density at radius 2 is 2.19 bits per heavy atom. The van der Waals surface area contributed by atoms with Crippen molar-refractivity contribution in [3.8, 4) is 5.75 Å². The van der Waals surface area contributed by atoms with Crippen molar-refractivity contribution < 1.29 is 13.9 Å². The summed E-state index contributed by atoms with van der Waals surface area (Å²) < 4.78 is 10.4. The summed E-state index contributed by atoms with van der Waals surface area (Å²) in [5.41, 5.74) is -0.577. The van der Waals surface area contributed by atoms with Gasteiger partial charge in [-0.15, -0.1) is 0 Å². The van der Waals surface area contributed by atoms with Crippen LogP contribution in [0.25, 0.3) is 6.08 Å². The highest BCUT2D eigenvalue weighted by Crippen LogP contribution is 2.28. The monoisotopic (exact) mass is 220 g/mol. The Balaban J connectivity index is 2.54. The predicted octanol–water partition coefficient (Wildman–Crippen LogP) is 2.03. The first-order valence-corrected chi connectivity index (χ1v) is 5.19. The average molecular weight is 220 g/mol. The zero-order valence-corrected chi connectivity index (χ0v) is 9.15. The standard InChI is InChI=1S/C12H12O4/c1-3-5-7-6-9-10(12(14)15-7)11(13)8(4-2)16-9/h3,5-6,8H,4H2,1-2H3. The zero-order chi connectivity index (χ0) is 11.7. The van der Waals surface area contributed by atoms with Crippen LogP contribution in [-0.2, 0) is 0 Å². The molecular formula is C12H12O4. The number of fused-ring (bicyclic) bond motifs is 1. The van der Waals surface area contributed by atoms with E-state index in [9.17, 15) is 9.59 Å². The molecule has 0 bridgehead atoms. The molecule has 1 unspecified atom stereocenters. The second-order valence-corrected chi connectivity index (χ2v) is 3.55. The molecule has 1 aliphatic heterocycles. The van der Waals surface area contributed by atoms with Crippen molar-refractivity contribution in [1.82, 2.24) is 0 Å². The van der Waals surface area contributed by atoms with Gasteiger partial charge in [0.15, 0.2) is 6.10 Å². The fraction of sp³-hybridized carbons (Fsp3) is 0.333. The highest BCUT2D eigenvalue weighted by Gasteiger charge is 2.34. The van der Waals surface area contributed by atoms with E-state index in [1.165, 1.54) is 0 Å². The first kappa shape index (κ1) is 10.7. The summed E-state index contributed by atoms with van der Waals surface area (Å²) in [5, 5.41) is 0. The third kappa shape index (κ3) is 1.56. The molecule has 4 heteroatoms. The van der Waals surface area contributed by atoms with Crippen molar-refractivity contribution >= 4 is 11.9 Å². The molecule has 1 aromatic heterocycles. The second-order valence-electron chi connectivity index (χ2n) is 3.55. The molecule has 2 heterocycles. The summed E-state index contributed by atoms with van der Waals surface area (Å²) in [4.78, 5) is 23.3. The van der Waals surface area contributed by atoms with Gasteiger partial charge in [0, 0.05) is 6.07 Å². The molecule has 1 aliphatic rings. The molecular weight excluding hydrogens is 208 g/mol. The molecule has 0 saturated carbocycles. The largest absolute Gasteiger partial charge is 0.481 e. The number of rotatable bonds is 2. The maximum absolute atomic E-state index is 11.7. The minimum Gasteiger partial charge on any atom is -0.481 e. The molecule has 4 nitrogen and oxygen atoms in total. The fourth-order valence-electron chi connectivity index (χ4n) is 1.69. The summed E-state index contributed by atoms with van der Waals surface area (Å²) in [7, 11) is 0. The zero-order valence-electron chi connectivity index (χ0n) is 9.15. The Morgan fingerprint density at radius 1 is 1.44 bits per heavy atom. The quantitative estimate of drug-likeness (QED) is 0.765. The minimum absolute atomic E-state index is 0.0418. The number of hydrogen-bond donors (Lipinski definition) is 0. The number of allylic oxidation sites excluding steroid dienone is 1. The number of hydrogen-bond acceptors (Lipinski definition) is 4. The Labute approximate surface area is 92.5 Å². The van der Waals surface area contributed by atoms with E-state index < -0.39 is 11.7 Å². The van der Waals surface area contributed by atoms with Gasteiger partial charge >= 0.3 is 5.63 Å². The van der Waals surface area contributed by atoms with Crippen molar-refractivity contribution in [3.05, 3.63) is 33.9 Å². The van der Waals surface area contributed by atoms with Crippen molar-refractivity contribution in [2.75, 3.05) is 0 Å². The lowest BCUT2D eigenvalue weighted by Crippen LogP contribution is -2.21. The van der Waals surface area contributed by atoms with Crippen LogP contribution in [0.1, 0.15) is 36.4 Å². The van der Waals surface area contributed by atoms with Crippen LogP contribution in [0.15, 0.2) is 21.4 Å². The van der Waals surface area contributed by atoms with Crippen LogP contribution >= 0.6 is 0 Å². The normalized spacial score (nSPS) is 18.9. The molecule has 0 N–H and O–H groups in total. The second kappa shape index (κ2) is 3.96. The summed E-state index contributed by atoms with van der Waals surface area (Å²) in [6.45, 7) is 3.65. The Bertz CT molecular complexity index is 510. The van der Waals surface area contributed by atoms with Crippen LogP contribution in [0.5, 0.6) is 5.75 Å². The smallest absolute Gasteiger partial charge is 0.351 e. The summed E-state index contributed by atoms with van der Waals surface area (Å²) in [6.07, 6.45) is 3.40. The molecule has 0 saturated heterocycles. The Hall–Kier alpha value is -1.84. The van der Waals surface area contributed by atoms with Gasteiger partial charge in [-0.1, -0.05) is 13.0 Å². The van der Waals surface area contributed by atoms with Crippen molar-refractivity contribution in [2.24, 2.45) is 0 Å². The number of Topliss-reactive ketones (excluding diaryl/α,β-unsaturated/α-hetero) is 1. The van der Waals surface area contributed by atoms with Crippen LogP contribution in [0, 0.1) is 0 Å². The number of carbonyl (C=O) groups is 1. The van der Waals surface area contributed by atoms with Gasteiger partial charge in [-0.05, 0) is 19.4 Å². The van der Waals surface area contributed by atoms with Crippen molar-refractivity contribution in [2.45, 2.75) is 26.4 Å². The van der Waals surface area contributed by atoms with E-state index >= 15 is 0 Å². The van der Waals surface area contributed by atoms with Gasteiger partial charge < -0.3 is 9.15 Å². The van der Waals surface area contributed by atoms with Crippen molar-refractivity contribution in [3.63, 3.8) is 0 Å². The maximum Gasteiger partial charge on any atom is 0.351 e. The lowest BCUT2D eigenvalue weighted by atomic mass is 10.1. The van der Waals surface area contributed by atoms with E-state index in [0.29, 0.717) is 17.9 Å². The molecule has 1 atom stereocenters. The van der Waals surface area contributed by atoms with Gasteiger partial charge in [-0.3, -0.25) is 4.79 Å². The lowest BCUT2D eigenvalue weighted by Gasteiger charge is -2.04. The van der Waals surface area contributed by atoms with E-state index in [1.54, 1.807) is 18.2 Å². The number of ether oxygens (including phenoxy) is 1. The highest BCUT2D eigenvalue weighted by molar-refractivity contribution is 6.04. The van der Waals surface area contributed by atoms with Gasteiger partial charge in [-0.25, -0.2) is 4.79 Å². The molecule has 0 spiro atoms. The Kier molecular flexibility index (Phi) is 2.64. The van der Waals surface area contributed by atoms with Crippen LogP contribution in [0.2, 0.25) is 0 Å². The first-order chi connectivity index (χ1) is 7.67. The molecule has 16 heavy (non-hydrogen) atoms. The molecule has 2 rings (SSSR count). The fourth-order valence-corrected chi connectivity index (χ4v) is 1.69. The van der Waals surface area contributed by atoms with Crippen molar-refractivity contribution in [1.29, 1.82) is 0 Å². The Morgan fingerprint density at radius 3 is 2.81 bits per heavy atom. The van der Waals surface area contributed by atoms with Crippen LogP contribution in [0.3, 0.4) is 0 Å². The number of ketones is 1. The number of carbonyl (C=O) groups excluding carboxylic acids is 1. The minimum atomic E-state index is -0.619. The molecule has 1 aromatic rings. The molecule has 84 valence electrons. The van der Waals surface area contributed by atoms with Gasteiger partial charge in [0.1, 0.15) is 17.1 Å². The van der Waals surface area contributed by atoms with E-state index in [-0.39, 0.29) is 11.3 Å². The van der Waals surface area contributed by atoms with Crippen LogP contribution in [0.4, 0.5) is 0 Å². The van der Waals surface area contributed by atoms with Crippen LogP contribution in [-0.4, -0.2) is 11.9 Å². The van der Waals surface area contributed by atoms with E-state index in [1.807, 2.05) is 13.8 Å². The van der Waals surface area contributed by atoms with Gasteiger partial charge in [-0.2, -0.15) is 0 Å². The van der Waals surface area contributed by atoms with E-state index in [0.717, 1.165) is 0 Å². The molecule has 0 amide bonds. The third-order valence-electron chi connectivity index (χ3n) is 2.44. The molecule has 0 fully saturated rings. The predicted molar refractivity (Wildman–Crippen MR) is 58.7 cm³/mol. The molecule has 0 radical (unpaired) electrons. The summed E-state index contributed by atoms with van der Waals surface area (Å²) >= 11 is 0.